The first-order valence-electron chi connectivity index (χ1n) is 11.8. The number of aryl methyl sites for hydroxylation is 1. The van der Waals surface area contributed by atoms with Gasteiger partial charge in [0.1, 0.15) is 11.6 Å². The van der Waals surface area contributed by atoms with Gasteiger partial charge in [-0.2, -0.15) is 4.98 Å². The van der Waals surface area contributed by atoms with E-state index in [0.717, 1.165) is 42.4 Å². The third-order valence-corrected chi connectivity index (χ3v) is 7.41. The molecule has 34 heavy (non-hydrogen) atoms. The van der Waals surface area contributed by atoms with Crippen LogP contribution >= 0.6 is 0 Å². The molecule has 2 heterocycles. The summed E-state index contributed by atoms with van der Waals surface area (Å²) in [5.74, 6) is 1.32. The number of nitrogens with one attached hydrogen (secondary N) is 1. The van der Waals surface area contributed by atoms with E-state index in [4.69, 9.17) is 9.40 Å². The fourth-order valence-electron chi connectivity index (χ4n) is 4.25. The summed E-state index contributed by atoms with van der Waals surface area (Å²) >= 11 is 0. The van der Waals surface area contributed by atoms with E-state index in [-0.39, 0.29) is 17.5 Å². The summed E-state index contributed by atoms with van der Waals surface area (Å²) < 4.78 is 33.2. The van der Waals surface area contributed by atoms with E-state index < -0.39 is 10.0 Å². The number of nitrogens with zero attached hydrogens (tertiary/aromatic N) is 2. The highest BCUT2D eigenvalue weighted by Crippen LogP contribution is 2.46. The predicted octanol–water partition coefficient (Wildman–Crippen LogP) is 5.24. The lowest BCUT2D eigenvalue weighted by atomic mass is 10.0. The zero-order chi connectivity index (χ0) is 24.6. The van der Waals surface area contributed by atoms with E-state index in [9.17, 15) is 13.2 Å². The molecule has 0 radical (unpaired) electrons. The number of sulfonamides is 1. The summed E-state index contributed by atoms with van der Waals surface area (Å²) in [5.41, 5.74) is 3.43. The number of hydrogen-bond acceptors (Lipinski definition) is 5. The molecule has 1 fully saturated rings. The molecule has 0 bridgehead atoms. The topological polar surface area (TPSA) is 92.5 Å². The van der Waals surface area contributed by atoms with Crippen molar-refractivity contribution in [3.05, 3.63) is 47.0 Å². The number of amides is 1. The monoisotopic (exact) mass is 483 g/mol. The van der Waals surface area contributed by atoms with Crippen LogP contribution in [0.15, 0.2) is 34.7 Å². The van der Waals surface area contributed by atoms with Crippen LogP contribution in [0.4, 0.5) is 5.82 Å². The third kappa shape index (κ3) is 4.97. The average Bonchev–Trinajstić information content (AvgIpc) is 3.55. The number of carbonyl (C=O) groups excluding carboxylic acids is 1. The Bertz CT molecular complexity index is 1310. The van der Waals surface area contributed by atoms with Crippen LogP contribution in [0.25, 0.3) is 22.4 Å². The fourth-order valence-corrected chi connectivity index (χ4v) is 5.18. The molecule has 1 aliphatic rings. The zero-order valence-electron chi connectivity index (χ0n) is 20.5. The lowest BCUT2D eigenvalue weighted by Crippen LogP contribution is -2.32. The number of fused-ring (bicyclic) bond motifs is 1. The second-order valence-corrected chi connectivity index (χ2v) is 11.6. The van der Waals surface area contributed by atoms with Gasteiger partial charge in [0.2, 0.25) is 15.7 Å². The van der Waals surface area contributed by atoms with Crippen molar-refractivity contribution in [1.29, 1.82) is 0 Å². The molecule has 1 saturated carbocycles. The second-order valence-electron chi connectivity index (χ2n) is 9.65. The van der Waals surface area contributed by atoms with Crippen LogP contribution in [-0.4, -0.2) is 39.2 Å². The summed E-state index contributed by atoms with van der Waals surface area (Å²) in [7, 11) is -1.96. The lowest BCUT2D eigenvalue weighted by molar-refractivity contribution is 0.0964. The molecule has 7 nitrogen and oxygen atoms in total. The molecule has 4 rings (SSSR count). The van der Waals surface area contributed by atoms with Crippen LogP contribution in [-0.2, 0) is 10.0 Å². The molecule has 1 amide bonds. The van der Waals surface area contributed by atoms with E-state index >= 15 is 0 Å². The van der Waals surface area contributed by atoms with E-state index in [0.29, 0.717) is 35.0 Å². The van der Waals surface area contributed by atoms with Gasteiger partial charge in [0.05, 0.1) is 17.2 Å². The van der Waals surface area contributed by atoms with Crippen molar-refractivity contribution in [1.82, 2.24) is 10.3 Å². The smallest absolute Gasteiger partial charge is 0.255 e. The van der Waals surface area contributed by atoms with Crippen LogP contribution in [0.3, 0.4) is 0 Å². The molecule has 0 aliphatic heterocycles. The van der Waals surface area contributed by atoms with E-state index in [1.165, 1.54) is 10.6 Å². The van der Waals surface area contributed by atoms with Gasteiger partial charge < -0.3 is 9.73 Å². The molecule has 8 heteroatoms. The van der Waals surface area contributed by atoms with E-state index in [2.05, 4.69) is 19.2 Å². The van der Waals surface area contributed by atoms with Crippen LogP contribution in [0.1, 0.15) is 66.9 Å². The first-order valence-corrected chi connectivity index (χ1v) is 13.7. The summed E-state index contributed by atoms with van der Waals surface area (Å²) in [4.78, 5) is 17.7. The molecular weight excluding hydrogens is 450 g/mol. The lowest BCUT2D eigenvalue weighted by Gasteiger charge is -2.24. The van der Waals surface area contributed by atoms with Gasteiger partial charge in [-0.05, 0) is 56.1 Å². The minimum atomic E-state index is -3.54. The van der Waals surface area contributed by atoms with Gasteiger partial charge in [-0.25, -0.2) is 8.42 Å². The summed E-state index contributed by atoms with van der Waals surface area (Å²) in [6, 6.07) is 9.67. The van der Waals surface area contributed by atoms with Crippen molar-refractivity contribution in [3.8, 4) is 11.3 Å². The Labute approximate surface area is 201 Å². The third-order valence-electron chi connectivity index (χ3n) is 6.26. The molecular formula is C26H33N3O4S. The molecule has 0 spiro atoms. The van der Waals surface area contributed by atoms with Crippen molar-refractivity contribution < 1.29 is 17.6 Å². The van der Waals surface area contributed by atoms with Gasteiger partial charge in [0.25, 0.3) is 5.91 Å². The predicted molar refractivity (Wildman–Crippen MR) is 136 cm³/mol. The number of pyridine rings is 1. The standard InChI is InChI=1S/C26H33N3O4S/c1-16(2)7-6-14-29(34(5,31)32)24-20(18-12-13-18)15-21-22(25(30)27-4)23(33-26(21)28-24)19-10-8-17(3)9-11-19/h8-11,15-16,18H,6-7,12-14H2,1-5H3,(H,27,30). The summed E-state index contributed by atoms with van der Waals surface area (Å²) in [6.45, 7) is 6.61. The normalized spacial score (nSPS) is 14.1. The Morgan fingerprint density at radius 1 is 1.24 bits per heavy atom. The minimum absolute atomic E-state index is 0.233. The SMILES string of the molecule is CNC(=O)c1c(-c2ccc(C)cc2)oc2nc(N(CCCC(C)C)S(C)(=O)=O)c(C3CC3)cc12. The molecule has 1 aliphatic carbocycles. The maximum atomic E-state index is 12.9. The molecule has 2 aromatic heterocycles. The van der Waals surface area contributed by atoms with Crippen LogP contribution in [0.2, 0.25) is 0 Å². The highest BCUT2D eigenvalue weighted by atomic mass is 32.2. The number of carbonyl (C=O) groups is 1. The summed E-state index contributed by atoms with van der Waals surface area (Å²) in [6.07, 6.45) is 4.83. The molecule has 0 atom stereocenters. The van der Waals surface area contributed by atoms with Crippen LogP contribution in [0.5, 0.6) is 0 Å². The average molecular weight is 484 g/mol. The quantitative estimate of drug-likeness (QED) is 0.449. The number of hydrogen-bond donors (Lipinski definition) is 1. The van der Waals surface area contributed by atoms with Crippen molar-refractivity contribution in [2.75, 3.05) is 24.2 Å². The number of anilines is 1. The number of aromatic nitrogens is 1. The first kappa shape index (κ1) is 24.3. The van der Waals surface area contributed by atoms with Gasteiger partial charge >= 0.3 is 0 Å². The molecule has 0 saturated heterocycles. The Morgan fingerprint density at radius 2 is 1.91 bits per heavy atom. The molecule has 1 N–H and O–H groups in total. The van der Waals surface area contributed by atoms with Gasteiger partial charge in [-0.3, -0.25) is 9.10 Å². The highest BCUT2D eigenvalue weighted by molar-refractivity contribution is 7.92. The van der Waals surface area contributed by atoms with E-state index in [1.807, 2.05) is 37.3 Å². The Balaban J connectivity index is 1.91. The van der Waals surface area contributed by atoms with Crippen molar-refractivity contribution in [3.63, 3.8) is 0 Å². The maximum Gasteiger partial charge on any atom is 0.255 e. The van der Waals surface area contributed by atoms with Crippen molar-refractivity contribution in [2.45, 2.75) is 52.4 Å². The maximum absolute atomic E-state index is 12.9. The Morgan fingerprint density at radius 3 is 2.47 bits per heavy atom. The molecule has 0 unspecified atom stereocenters. The van der Waals surface area contributed by atoms with Gasteiger partial charge in [-0.15, -0.1) is 0 Å². The fraction of sp³-hybridized carbons (Fsp3) is 0.462. The van der Waals surface area contributed by atoms with E-state index in [1.54, 1.807) is 7.05 Å². The van der Waals surface area contributed by atoms with Crippen molar-refractivity contribution >= 4 is 32.8 Å². The number of furan rings is 1. The number of rotatable bonds is 9. The molecule has 1 aromatic carbocycles. The molecule has 182 valence electrons. The second kappa shape index (κ2) is 9.41. The van der Waals surface area contributed by atoms with Gasteiger partial charge in [0.15, 0.2) is 0 Å². The Hall–Kier alpha value is -2.87. The highest BCUT2D eigenvalue weighted by Gasteiger charge is 2.34. The first-order chi connectivity index (χ1) is 16.1. The van der Waals surface area contributed by atoms with Gasteiger partial charge in [-0.1, -0.05) is 43.7 Å². The van der Waals surface area contributed by atoms with Crippen LogP contribution < -0.4 is 9.62 Å². The largest absolute Gasteiger partial charge is 0.437 e. The summed E-state index contributed by atoms with van der Waals surface area (Å²) in [5, 5.41) is 3.32. The zero-order valence-corrected chi connectivity index (χ0v) is 21.3. The van der Waals surface area contributed by atoms with Crippen molar-refractivity contribution in [2.24, 2.45) is 5.92 Å². The minimum Gasteiger partial charge on any atom is -0.437 e. The number of benzene rings is 1. The Kier molecular flexibility index (Phi) is 6.71. The van der Waals surface area contributed by atoms with Gasteiger partial charge in [0, 0.05) is 19.2 Å². The molecule has 3 aromatic rings. The van der Waals surface area contributed by atoms with Crippen LogP contribution in [0, 0.1) is 12.8 Å².